The topological polar surface area (TPSA) is 29.3 Å². The maximum absolute atomic E-state index is 5.90. The Morgan fingerprint density at radius 3 is 2.60 bits per heavy atom. The average molecular weight is 212 g/mol. The highest BCUT2D eigenvalue weighted by Gasteiger charge is 2.25. The van der Waals surface area contributed by atoms with Crippen LogP contribution in [0, 0.1) is 5.92 Å². The molecule has 2 nitrogen and oxygen atoms in total. The van der Waals surface area contributed by atoms with Crippen molar-refractivity contribution >= 4 is 0 Å². The van der Waals surface area contributed by atoms with Crippen LogP contribution >= 0.6 is 0 Å². The third kappa shape index (κ3) is 4.12. The second kappa shape index (κ2) is 7.24. The minimum Gasteiger partial charge on any atom is -0.330 e. The summed E-state index contributed by atoms with van der Waals surface area (Å²) in [5.41, 5.74) is 5.90. The van der Waals surface area contributed by atoms with Gasteiger partial charge in [0.2, 0.25) is 0 Å². The van der Waals surface area contributed by atoms with Crippen molar-refractivity contribution in [3.63, 3.8) is 0 Å². The predicted molar refractivity (Wildman–Crippen MR) is 67.0 cm³/mol. The van der Waals surface area contributed by atoms with Crippen LogP contribution in [0.5, 0.6) is 0 Å². The van der Waals surface area contributed by atoms with Gasteiger partial charge in [0.1, 0.15) is 0 Å². The first-order chi connectivity index (χ1) is 7.29. The van der Waals surface area contributed by atoms with Crippen molar-refractivity contribution in [2.45, 2.75) is 57.9 Å². The van der Waals surface area contributed by atoms with Crippen molar-refractivity contribution in [3.05, 3.63) is 0 Å². The van der Waals surface area contributed by atoms with Crippen LogP contribution in [0.2, 0.25) is 0 Å². The van der Waals surface area contributed by atoms with Gasteiger partial charge in [-0.2, -0.15) is 0 Å². The minimum absolute atomic E-state index is 0.745. The fourth-order valence-electron chi connectivity index (χ4n) is 2.79. The molecule has 2 unspecified atom stereocenters. The number of unbranched alkanes of at least 4 members (excludes halogenated alkanes) is 1. The lowest BCUT2D eigenvalue weighted by molar-refractivity contribution is 0.166. The summed E-state index contributed by atoms with van der Waals surface area (Å²) >= 11 is 0. The van der Waals surface area contributed by atoms with Gasteiger partial charge in [-0.15, -0.1) is 0 Å². The normalized spacial score (nSPS) is 28.0. The Hall–Kier alpha value is -0.0800. The SMILES string of the molecule is CCCCN(C)C1CCCCCC1CN. The van der Waals surface area contributed by atoms with Gasteiger partial charge in [0.05, 0.1) is 0 Å². The van der Waals surface area contributed by atoms with Crippen LogP contribution < -0.4 is 5.73 Å². The largest absolute Gasteiger partial charge is 0.330 e. The molecule has 0 saturated heterocycles. The zero-order valence-electron chi connectivity index (χ0n) is 10.5. The average Bonchev–Trinajstić information content (AvgIpc) is 2.50. The fourth-order valence-corrected chi connectivity index (χ4v) is 2.79. The molecule has 2 N–H and O–H groups in total. The van der Waals surface area contributed by atoms with Crippen LogP contribution in [0.1, 0.15) is 51.9 Å². The summed E-state index contributed by atoms with van der Waals surface area (Å²) in [4.78, 5) is 2.56. The zero-order valence-corrected chi connectivity index (χ0v) is 10.5. The van der Waals surface area contributed by atoms with Gasteiger partial charge in [-0.3, -0.25) is 0 Å². The molecule has 2 atom stereocenters. The highest BCUT2D eigenvalue weighted by Crippen LogP contribution is 2.26. The molecule has 1 rings (SSSR count). The molecule has 0 bridgehead atoms. The number of rotatable bonds is 5. The third-order valence-electron chi connectivity index (χ3n) is 3.85. The highest BCUT2D eigenvalue weighted by molar-refractivity contribution is 4.81. The quantitative estimate of drug-likeness (QED) is 0.710. The molecule has 0 aromatic rings. The van der Waals surface area contributed by atoms with Crippen molar-refractivity contribution in [2.24, 2.45) is 11.7 Å². The monoisotopic (exact) mass is 212 g/mol. The van der Waals surface area contributed by atoms with Gasteiger partial charge in [-0.05, 0) is 45.3 Å². The van der Waals surface area contributed by atoms with E-state index in [0.29, 0.717) is 0 Å². The fraction of sp³-hybridized carbons (Fsp3) is 1.00. The van der Waals surface area contributed by atoms with E-state index in [2.05, 4.69) is 18.9 Å². The first-order valence-electron chi connectivity index (χ1n) is 6.70. The summed E-state index contributed by atoms with van der Waals surface area (Å²) in [5, 5.41) is 0. The molecule has 0 aromatic heterocycles. The van der Waals surface area contributed by atoms with Crippen LogP contribution in [0.15, 0.2) is 0 Å². The summed E-state index contributed by atoms with van der Waals surface area (Å²) in [7, 11) is 2.29. The Morgan fingerprint density at radius 1 is 1.20 bits per heavy atom. The molecule has 0 aromatic carbocycles. The van der Waals surface area contributed by atoms with E-state index in [-0.39, 0.29) is 0 Å². The molecule has 1 fully saturated rings. The summed E-state index contributed by atoms with van der Waals surface area (Å²) in [6.45, 7) is 4.39. The maximum atomic E-state index is 5.90. The molecular formula is C13H28N2. The lowest BCUT2D eigenvalue weighted by atomic mass is 9.93. The molecule has 1 aliphatic carbocycles. The third-order valence-corrected chi connectivity index (χ3v) is 3.85. The van der Waals surface area contributed by atoms with Gasteiger partial charge in [0.15, 0.2) is 0 Å². The second-order valence-electron chi connectivity index (χ2n) is 5.04. The van der Waals surface area contributed by atoms with Crippen molar-refractivity contribution in [3.8, 4) is 0 Å². The summed E-state index contributed by atoms with van der Waals surface area (Å²) < 4.78 is 0. The van der Waals surface area contributed by atoms with E-state index in [1.807, 2.05) is 0 Å². The van der Waals surface area contributed by atoms with E-state index in [9.17, 15) is 0 Å². The Morgan fingerprint density at radius 2 is 1.93 bits per heavy atom. The molecule has 2 heteroatoms. The Bertz CT molecular complexity index is 159. The van der Waals surface area contributed by atoms with E-state index < -0.39 is 0 Å². The number of nitrogens with two attached hydrogens (primary N) is 1. The summed E-state index contributed by atoms with van der Waals surface area (Å²) in [6, 6.07) is 0.754. The smallest absolute Gasteiger partial charge is 0.0132 e. The van der Waals surface area contributed by atoms with Crippen molar-refractivity contribution in [2.75, 3.05) is 20.1 Å². The van der Waals surface area contributed by atoms with Gasteiger partial charge < -0.3 is 10.6 Å². The lowest BCUT2D eigenvalue weighted by Crippen LogP contribution is -2.41. The Labute approximate surface area is 95.2 Å². The number of hydrogen-bond donors (Lipinski definition) is 1. The molecule has 0 radical (unpaired) electrons. The van der Waals surface area contributed by atoms with E-state index in [0.717, 1.165) is 18.5 Å². The number of nitrogens with zero attached hydrogens (tertiary/aromatic N) is 1. The van der Waals surface area contributed by atoms with Crippen LogP contribution in [0.3, 0.4) is 0 Å². The van der Waals surface area contributed by atoms with Gasteiger partial charge in [0, 0.05) is 6.04 Å². The first-order valence-corrected chi connectivity index (χ1v) is 6.70. The van der Waals surface area contributed by atoms with E-state index >= 15 is 0 Å². The van der Waals surface area contributed by atoms with E-state index in [1.54, 1.807) is 0 Å². The zero-order chi connectivity index (χ0) is 11.1. The predicted octanol–water partition coefficient (Wildman–Crippen LogP) is 2.63. The molecule has 90 valence electrons. The van der Waals surface area contributed by atoms with Gasteiger partial charge >= 0.3 is 0 Å². The van der Waals surface area contributed by atoms with E-state index in [4.69, 9.17) is 5.73 Å². The number of hydrogen-bond acceptors (Lipinski definition) is 2. The minimum atomic E-state index is 0.745. The summed E-state index contributed by atoms with van der Waals surface area (Å²) in [5.74, 6) is 0.745. The standard InChI is InChI=1S/C13H28N2/c1-3-4-10-15(2)13-9-7-5-6-8-12(13)11-14/h12-13H,3-11,14H2,1-2H3. The molecule has 0 spiro atoms. The van der Waals surface area contributed by atoms with Crippen LogP contribution in [-0.2, 0) is 0 Å². The molecule has 0 heterocycles. The van der Waals surface area contributed by atoms with Crippen molar-refractivity contribution < 1.29 is 0 Å². The molecule has 0 amide bonds. The van der Waals surface area contributed by atoms with Gasteiger partial charge in [-0.1, -0.05) is 32.6 Å². The van der Waals surface area contributed by atoms with Crippen LogP contribution in [-0.4, -0.2) is 31.1 Å². The molecule has 0 aliphatic heterocycles. The van der Waals surface area contributed by atoms with Crippen molar-refractivity contribution in [1.29, 1.82) is 0 Å². The highest BCUT2D eigenvalue weighted by atomic mass is 15.1. The first kappa shape index (κ1) is 13.0. The molecular weight excluding hydrogens is 184 g/mol. The lowest BCUT2D eigenvalue weighted by Gasteiger charge is -2.33. The van der Waals surface area contributed by atoms with Crippen LogP contribution in [0.4, 0.5) is 0 Å². The Balaban J connectivity index is 2.45. The maximum Gasteiger partial charge on any atom is 0.0132 e. The van der Waals surface area contributed by atoms with E-state index in [1.165, 1.54) is 51.5 Å². The van der Waals surface area contributed by atoms with Crippen molar-refractivity contribution in [1.82, 2.24) is 4.90 Å². The van der Waals surface area contributed by atoms with Gasteiger partial charge in [-0.25, -0.2) is 0 Å². The second-order valence-corrected chi connectivity index (χ2v) is 5.04. The Kier molecular flexibility index (Phi) is 6.26. The molecule has 1 aliphatic rings. The summed E-state index contributed by atoms with van der Waals surface area (Å²) in [6.07, 6.45) is 9.53. The molecule has 1 saturated carbocycles. The van der Waals surface area contributed by atoms with Gasteiger partial charge in [0.25, 0.3) is 0 Å². The van der Waals surface area contributed by atoms with Crippen LogP contribution in [0.25, 0.3) is 0 Å². The molecule has 15 heavy (non-hydrogen) atoms.